The van der Waals surface area contributed by atoms with Crippen molar-refractivity contribution in [3.8, 4) is 11.5 Å². The number of hydrogen-bond donors (Lipinski definition) is 3. The van der Waals surface area contributed by atoms with Crippen LogP contribution >= 0.6 is 10.8 Å². The Kier molecular flexibility index (Phi) is 8.55. The number of carbonyl (C=O) groups is 1. The molecule has 1 amide bonds. The number of rotatable bonds is 11. The first kappa shape index (κ1) is 26.7. The van der Waals surface area contributed by atoms with Crippen LogP contribution in [0.15, 0.2) is 52.9 Å². The van der Waals surface area contributed by atoms with Crippen molar-refractivity contribution in [2.75, 3.05) is 23.7 Å². The number of nitrogens with two attached hydrogens (primary N) is 1. The Morgan fingerprint density at radius 3 is 2.57 bits per heavy atom. The van der Waals surface area contributed by atoms with Gasteiger partial charge in [-0.2, -0.15) is 0 Å². The minimum atomic E-state index is -2.82. The van der Waals surface area contributed by atoms with Crippen molar-refractivity contribution in [1.29, 1.82) is 0 Å². The number of nitrogens with one attached hydrogen (secondary N) is 1. The zero-order valence-electron chi connectivity index (χ0n) is 20.7. The number of nitrogens with zero attached hydrogens (tertiary/aromatic N) is 3. The third-order valence-corrected chi connectivity index (χ3v) is 6.90. The lowest BCUT2D eigenvalue weighted by Crippen LogP contribution is -2.35. The Morgan fingerprint density at radius 2 is 1.94 bits per heavy atom. The average Bonchev–Trinajstić information content (AvgIpc) is 3.30. The molecular formula is C25H36N5O4S+. The van der Waals surface area contributed by atoms with Crippen LogP contribution in [0.5, 0.6) is 0 Å². The maximum Gasteiger partial charge on any atom is 0.251 e. The largest absolute Gasteiger partial charge is 0.419 e. The van der Waals surface area contributed by atoms with E-state index in [4.69, 9.17) is 14.7 Å². The summed E-state index contributed by atoms with van der Waals surface area (Å²) in [6.45, 7) is 6.68. The van der Waals surface area contributed by atoms with Gasteiger partial charge in [0.05, 0.1) is 17.5 Å². The maximum atomic E-state index is 12.9. The summed E-state index contributed by atoms with van der Waals surface area (Å²) < 4.78 is 26.2. The smallest absolute Gasteiger partial charge is 0.251 e. The van der Waals surface area contributed by atoms with Crippen LogP contribution < -0.4 is 15.4 Å². The SMILES string of the molecule is CCCCNC(=O)c1cc(-c2nnc([C@](C)(N)Cc3ccccc3)o2)cc(N(CC)S(C)(O)[OH2+])c1. The van der Waals surface area contributed by atoms with Crippen molar-refractivity contribution < 1.29 is 18.3 Å². The van der Waals surface area contributed by atoms with Crippen LogP contribution in [0.1, 0.15) is 55.4 Å². The van der Waals surface area contributed by atoms with Gasteiger partial charge in [0.25, 0.3) is 5.91 Å². The Balaban J connectivity index is 1.98. The topological polar surface area (TPSA) is 140 Å². The highest BCUT2D eigenvalue weighted by Gasteiger charge is 2.29. The number of benzene rings is 2. The van der Waals surface area contributed by atoms with Crippen molar-refractivity contribution in [1.82, 2.24) is 15.5 Å². The van der Waals surface area contributed by atoms with Gasteiger partial charge >= 0.3 is 0 Å². The Morgan fingerprint density at radius 1 is 1.23 bits per heavy atom. The fourth-order valence-electron chi connectivity index (χ4n) is 3.80. The zero-order valence-corrected chi connectivity index (χ0v) is 21.6. The number of unbranched alkanes of at least 4 members (excludes halogenated alkanes) is 1. The summed E-state index contributed by atoms with van der Waals surface area (Å²) in [6.07, 6.45) is 3.80. The highest BCUT2D eigenvalue weighted by molar-refractivity contribution is 8.24. The molecule has 0 bridgehead atoms. The molecule has 3 aromatic rings. The number of anilines is 1. The molecule has 10 heteroatoms. The molecule has 0 aliphatic heterocycles. The van der Waals surface area contributed by atoms with Gasteiger partial charge in [-0.05, 0) is 61.2 Å². The lowest BCUT2D eigenvalue weighted by atomic mass is 9.94. The summed E-state index contributed by atoms with van der Waals surface area (Å²) in [4.78, 5) is 12.9. The monoisotopic (exact) mass is 502 g/mol. The van der Waals surface area contributed by atoms with E-state index in [9.17, 15) is 9.35 Å². The van der Waals surface area contributed by atoms with Gasteiger partial charge in [0.15, 0.2) is 0 Å². The molecular weight excluding hydrogens is 466 g/mol. The molecule has 1 unspecified atom stereocenters. The third kappa shape index (κ3) is 6.82. The normalized spacial score (nSPS) is 15.6. The Labute approximate surface area is 208 Å². The van der Waals surface area contributed by atoms with E-state index in [1.165, 1.54) is 6.26 Å². The van der Waals surface area contributed by atoms with Gasteiger partial charge in [-0.15, -0.1) is 10.2 Å². The van der Waals surface area contributed by atoms with Crippen LogP contribution in [0.3, 0.4) is 0 Å². The average molecular weight is 503 g/mol. The van der Waals surface area contributed by atoms with E-state index in [1.807, 2.05) is 44.2 Å². The molecule has 0 aliphatic carbocycles. The van der Waals surface area contributed by atoms with E-state index >= 15 is 0 Å². The summed E-state index contributed by atoms with van der Waals surface area (Å²) in [7, 11) is -2.82. The van der Waals surface area contributed by atoms with Crippen LogP contribution in [0.4, 0.5) is 5.69 Å². The Bertz CT molecular complexity index is 1130. The summed E-state index contributed by atoms with van der Waals surface area (Å²) in [5, 5.41) is 11.3. The number of hydrogen-bond acceptors (Lipinski definition) is 7. The molecule has 6 N–H and O–H groups in total. The summed E-state index contributed by atoms with van der Waals surface area (Å²) in [6, 6.07) is 14.9. The Hall–Kier alpha value is -2.92. The molecule has 0 radical (unpaired) electrons. The second-order valence-corrected chi connectivity index (χ2v) is 11.0. The summed E-state index contributed by atoms with van der Waals surface area (Å²) >= 11 is 0. The molecule has 0 aliphatic rings. The first-order valence-corrected chi connectivity index (χ1v) is 13.6. The molecule has 0 saturated heterocycles. The van der Waals surface area contributed by atoms with E-state index in [0.717, 1.165) is 18.4 Å². The highest BCUT2D eigenvalue weighted by atomic mass is 32.3. The molecule has 2 atom stereocenters. The molecule has 0 saturated carbocycles. The molecule has 0 fully saturated rings. The second kappa shape index (κ2) is 11.2. The summed E-state index contributed by atoms with van der Waals surface area (Å²) in [5.41, 5.74) is 8.12. The van der Waals surface area contributed by atoms with Crippen LogP contribution in [0.2, 0.25) is 0 Å². The van der Waals surface area contributed by atoms with Gasteiger partial charge < -0.3 is 20.0 Å². The zero-order chi connectivity index (χ0) is 25.6. The highest BCUT2D eigenvalue weighted by Crippen LogP contribution is 2.43. The molecule has 0 spiro atoms. The quantitative estimate of drug-likeness (QED) is 0.266. The maximum absolute atomic E-state index is 12.9. The van der Waals surface area contributed by atoms with E-state index in [0.29, 0.717) is 36.3 Å². The van der Waals surface area contributed by atoms with E-state index in [1.54, 1.807) is 22.5 Å². The predicted molar refractivity (Wildman–Crippen MR) is 141 cm³/mol. The molecule has 3 rings (SSSR count). The van der Waals surface area contributed by atoms with Crippen LogP contribution in [-0.4, -0.2) is 44.6 Å². The predicted octanol–water partition coefficient (Wildman–Crippen LogP) is 3.97. The molecule has 190 valence electrons. The first-order chi connectivity index (χ1) is 16.5. The standard InChI is InChI=1S/C25H35N5O4S/c1-5-7-13-27-22(31)19-14-20(16-21(15-19)30(6-2)35(4,32)33)23-28-29-24(34-23)25(3,26)17-18-11-9-8-10-12-18/h8-12,14-16,32-33H,5-7,13,17,26H2,1-4H3,(H,27,31)/p+1/t25-/m1/s1. The fourth-order valence-corrected chi connectivity index (χ4v) is 4.81. The minimum Gasteiger partial charge on any atom is -0.419 e. The molecule has 1 aromatic heterocycles. The van der Waals surface area contributed by atoms with Gasteiger partial charge in [-0.25, -0.2) is 8.86 Å². The number of aromatic nitrogens is 2. The van der Waals surface area contributed by atoms with Crippen molar-refractivity contribution in [3.05, 3.63) is 65.5 Å². The van der Waals surface area contributed by atoms with Crippen molar-refractivity contribution in [2.24, 2.45) is 5.73 Å². The van der Waals surface area contributed by atoms with Gasteiger partial charge in [-0.1, -0.05) is 43.7 Å². The van der Waals surface area contributed by atoms with E-state index in [2.05, 4.69) is 22.4 Å². The van der Waals surface area contributed by atoms with Gasteiger partial charge in [0.2, 0.25) is 11.8 Å². The van der Waals surface area contributed by atoms with Gasteiger partial charge in [0.1, 0.15) is 0 Å². The third-order valence-electron chi connectivity index (χ3n) is 5.57. The van der Waals surface area contributed by atoms with Crippen LogP contribution in [-0.2, 0) is 12.0 Å². The lowest BCUT2D eigenvalue weighted by Gasteiger charge is -2.36. The molecule has 1 heterocycles. The number of carbonyl (C=O) groups excluding carboxylic acids is 1. The van der Waals surface area contributed by atoms with Crippen LogP contribution in [0, 0.1) is 0 Å². The van der Waals surface area contributed by atoms with Crippen LogP contribution in [0.25, 0.3) is 11.5 Å². The van der Waals surface area contributed by atoms with Crippen molar-refractivity contribution in [2.45, 2.75) is 45.6 Å². The van der Waals surface area contributed by atoms with Crippen molar-refractivity contribution >= 4 is 22.4 Å². The molecule has 35 heavy (non-hydrogen) atoms. The van der Waals surface area contributed by atoms with Crippen molar-refractivity contribution in [3.63, 3.8) is 0 Å². The summed E-state index contributed by atoms with van der Waals surface area (Å²) in [5.74, 6) is 0.246. The van der Waals surface area contributed by atoms with Gasteiger partial charge in [0, 0.05) is 24.2 Å². The molecule has 2 aromatic carbocycles. The number of amides is 1. The molecule has 9 nitrogen and oxygen atoms in total. The second-order valence-electron chi connectivity index (χ2n) is 8.90. The van der Waals surface area contributed by atoms with E-state index in [-0.39, 0.29) is 17.7 Å². The van der Waals surface area contributed by atoms with E-state index < -0.39 is 16.3 Å². The first-order valence-electron chi connectivity index (χ1n) is 11.7. The minimum absolute atomic E-state index is 0.213. The van der Waals surface area contributed by atoms with Gasteiger partial charge in [-0.3, -0.25) is 4.79 Å². The lowest BCUT2D eigenvalue weighted by molar-refractivity contribution is 0.0953. The fraction of sp³-hybridized carbons (Fsp3) is 0.400.